The van der Waals surface area contributed by atoms with Crippen molar-refractivity contribution >= 4 is 0 Å². The molecule has 1 nitrogen and oxygen atoms in total. The molecule has 0 N–H and O–H groups in total. The number of hydrogen-bond donors (Lipinski definition) is 0. The second-order valence-electron chi connectivity index (χ2n) is 4.78. The summed E-state index contributed by atoms with van der Waals surface area (Å²) >= 11 is 0. The predicted octanol–water partition coefficient (Wildman–Crippen LogP) is 2.85. The van der Waals surface area contributed by atoms with Gasteiger partial charge in [-0.3, -0.25) is 0 Å². The topological polar surface area (TPSA) is 9.23 Å². The Morgan fingerprint density at radius 2 is 1.91 bits per heavy atom. The maximum absolute atomic E-state index is 5.75. The molecule has 0 saturated carbocycles. The van der Waals surface area contributed by atoms with E-state index in [9.17, 15) is 0 Å². The molecule has 0 aromatic carbocycles. The third-order valence-corrected chi connectivity index (χ3v) is 2.47. The molecule has 0 radical (unpaired) electrons. The summed E-state index contributed by atoms with van der Waals surface area (Å²) in [4.78, 5) is 0. The molecule has 1 unspecified atom stereocenters. The van der Waals surface area contributed by atoms with Crippen LogP contribution in [0.15, 0.2) is 0 Å². The zero-order valence-corrected chi connectivity index (χ0v) is 8.18. The first kappa shape index (κ1) is 9.05. The van der Waals surface area contributed by atoms with Crippen molar-refractivity contribution in [2.24, 2.45) is 11.3 Å². The first-order chi connectivity index (χ1) is 5.02. The van der Waals surface area contributed by atoms with Crippen LogP contribution in [0, 0.1) is 11.3 Å². The first-order valence-corrected chi connectivity index (χ1v) is 4.63. The molecule has 1 fully saturated rings. The van der Waals surface area contributed by atoms with Gasteiger partial charge in [0, 0.05) is 6.61 Å². The van der Waals surface area contributed by atoms with Crippen LogP contribution >= 0.6 is 0 Å². The average molecular weight is 156 g/mol. The highest BCUT2D eigenvalue weighted by Gasteiger charge is 2.32. The van der Waals surface area contributed by atoms with Gasteiger partial charge in [0.2, 0.25) is 0 Å². The molecular weight excluding hydrogens is 136 g/mol. The second kappa shape index (κ2) is 3.14. The van der Waals surface area contributed by atoms with Crippen LogP contribution in [-0.4, -0.2) is 12.7 Å². The molecule has 66 valence electrons. The fraction of sp³-hybridized carbons (Fsp3) is 1.00. The van der Waals surface area contributed by atoms with Crippen molar-refractivity contribution in [2.45, 2.75) is 46.6 Å². The molecule has 0 amide bonds. The van der Waals surface area contributed by atoms with E-state index >= 15 is 0 Å². The van der Waals surface area contributed by atoms with Gasteiger partial charge in [-0.05, 0) is 24.2 Å². The van der Waals surface area contributed by atoms with Crippen LogP contribution < -0.4 is 0 Å². The Balaban J connectivity index is 2.55. The monoisotopic (exact) mass is 156 g/mol. The van der Waals surface area contributed by atoms with E-state index in [1.54, 1.807) is 0 Å². The summed E-state index contributed by atoms with van der Waals surface area (Å²) in [5.74, 6) is 0.740. The molecule has 11 heavy (non-hydrogen) atoms. The van der Waals surface area contributed by atoms with Gasteiger partial charge in [0.25, 0.3) is 0 Å². The molecule has 0 aromatic heterocycles. The molecule has 1 heteroatoms. The van der Waals surface area contributed by atoms with E-state index in [2.05, 4.69) is 27.7 Å². The van der Waals surface area contributed by atoms with Crippen LogP contribution in [0.5, 0.6) is 0 Å². The average Bonchev–Trinajstić information content (AvgIpc) is 1.86. The Kier molecular flexibility index (Phi) is 2.58. The maximum Gasteiger partial charge on any atom is 0.0648 e. The van der Waals surface area contributed by atoms with Crippen molar-refractivity contribution in [3.8, 4) is 0 Å². The summed E-state index contributed by atoms with van der Waals surface area (Å²) in [5.41, 5.74) is 0.319. The standard InChI is InChI=1S/C10H20O/c1-8-6-5-7-11-9(8)10(2,3)4/h8-9H,5-7H2,1-4H3/t8-,9?/m0/s1. The molecular formula is C10H20O. The molecule has 0 spiro atoms. The summed E-state index contributed by atoms with van der Waals surface area (Å²) in [5, 5.41) is 0. The van der Waals surface area contributed by atoms with Crippen molar-refractivity contribution < 1.29 is 4.74 Å². The van der Waals surface area contributed by atoms with Crippen LogP contribution in [0.4, 0.5) is 0 Å². The van der Waals surface area contributed by atoms with E-state index in [-0.39, 0.29) is 0 Å². The van der Waals surface area contributed by atoms with Gasteiger partial charge in [-0.2, -0.15) is 0 Å². The van der Waals surface area contributed by atoms with Gasteiger partial charge in [-0.1, -0.05) is 27.7 Å². The Morgan fingerprint density at radius 1 is 1.27 bits per heavy atom. The lowest BCUT2D eigenvalue weighted by molar-refractivity contribution is -0.0799. The SMILES string of the molecule is C[C@H]1CCCOC1C(C)(C)C. The van der Waals surface area contributed by atoms with Gasteiger partial charge in [0.05, 0.1) is 6.10 Å². The second-order valence-corrected chi connectivity index (χ2v) is 4.78. The molecule has 1 saturated heterocycles. The summed E-state index contributed by atoms with van der Waals surface area (Å²) in [7, 11) is 0. The highest BCUT2D eigenvalue weighted by atomic mass is 16.5. The van der Waals surface area contributed by atoms with Crippen LogP contribution in [-0.2, 0) is 4.74 Å². The Hall–Kier alpha value is -0.0400. The predicted molar refractivity (Wildman–Crippen MR) is 47.6 cm³/mol. The Morgan fingerprint density at radius 3 is 2.27 bits per heavy atom. The minimum absolute atomic E-state index is 0.319. The molecule has 0 bridgehead atoms. The van der Waals surface area contributed by atoms with Crippen molar-refractivity contribution in [1.29, 1.82) is 0 Å². The summed E-state index contributed by atoms with van der Waals surface area (Å²) in [6.07, 6.45) is 3.05. The fourth-order valence-electron chi connectivity index (χ4n) is 2.03. The van der Waals surface area contributed by atoms with Crippen molar-refractivity contribution in [3.05, 3.63) is 0 Å². The minimum Gasteiger partial charge on any atom is -0.377 e. The van der Waals surface area contributed by atoms with Crippen LogP contribution in [0.3, 0.4) is 0 Å². The highest BCUT2D eigenvalue weighted by molar-refractivity contribution is 4.81. The van der Waals surface area contributed by atoms with E-state index < -0.39 is 0 Å². The maximum atomic E-state index is 5.75. The van der Waals surface area contributed by atoms with Crippen LogP contribution in [0.25, 0.3) is 0 Å². The van der Waals surface area contributed by atoms with Crippen molar-refractivity contribution in [1.82, 2.24) is 0 Å². The molecule has 0 aliphatic carbocycles. The third-order valence-electron chi connectivity index (χ3n) is 2.47. The number of ether oxygens (including phenoxy) is 1. The molecule has 1 aliphatic heterocycles. The van der Waals surface area contributed by atoms with Crippen LogP contribution in [0.1, 0.15) is 40.5 Å². The van der Waals surface area contributed by atoms with Gasteiger partial charge in [-0.25, -0.2) is 0 Å². The summed E-state index contributed by atoms with van der Waals surface area (Å²) < 4.78 is 5.75. The van der Waals surface area contributed by atoms with Gasteiger partial charge < -0.3 is 4.74 Å². The largest absolute Gasteiger partial charge is 0.377 e. The minimum atomic E-state index is 0.319. The normalized spacial score (nSPS) is 33.8. The molecule has 1 heterocycles. The Labute approximate surface area is 70.1 Å². The molecule has 2 atom stereocenters. The fourth-order valence-corrected chi connectivity index (χ4v) is 2.03. The number of hydrogen-bond acceptors (Lipinski definition) is 1. The van der Waals surface area contributed by atoms with E-state index in [1.165, 1.54) is 12.8 Å². The lowest BCUT2D eigenvalue weighted by Crippen LogP contribution is -2.38. The highest BCUT2D eigenvalue weighted by Crippen LogP contribution is 2.33. The quantitative estimate of drug-likeness (QED) is 0.524. The van der Waals surface area contributed by atoms with E-state index in [0.717, 1.165) is 12.5 Å². The lowest BCUT2D eigenvalue weighted by atomic mass is 9.79. The third kappa shape index (κ3) is 2.19. The van der Waals surface area contributed by atoms with E-state index in [1.807, 2.05) is 0 Å². The van der Waals surface area contributed by atoms with Gasteiger partial charge >= 0.3 is 0 Å². The van der Waals surface area contributed by atoms with E-state index in [4.69, 9.17) is 4.74 Å². The lowest BCUT2D eigenvalue weighted by Gasteiger charge is -2.38. The van der Waals surface area contributed by atoms with Gasteiger partial charge in [-0.15, -0.1) is 0 Å². The smallest absolute Gasteiger partial charge is 0.0648 e. The number of rotatable bonds is 0. The molecule has 1 aliphatic rings. The summed E-state index contributed by atoms with van der Waals surface area (Å²) in [6.45, 7) is 10.1. The molecule has 0 aromatic rings. The van der Waals surface area contributed by atoms with Gasteiger partial charge in [0.15, 0.2) is 0 Å². The summed E-state index contributed by atoms with van der Waals surface area (Å²) in [6, 6.07) is 0. The van der Waals surface area contributed by atoms with Crippen LogP contribution in [0.2, 0.25) is 0 Å². The van der Waals surface area contributed by atoms with Gasteiger partial charge in [0.1, 0.15) is 0 Å². The molecule has 1 rings (SSSR count). The Bertz CT molecular complexity index is 123. The first-order valence-electron chi connectivity index (χ1n) is 4.63. The zero-order valence-electron chi connectivity index (χ0n) is 8.18. The van der Waals surface area contributed by atoms with Crippen molar-refractivity contribution in [2.75, 3.05) is 6.61 Å². The van der Waals surface area contributed by atoms with Crippen molar-refractivity contribution in [3.63, 3.8) is 0 Å². The zero-order chi connectivity index (χ0) is 8.48. The van der Waals surface area contributed by atoms with E-state index in [0.29, 0.717) is 11.5 Å².